The molecule has 38 heavy (non-hydrogen) atoms. The standard InChI is InChI=1S/C16H28BNO4.C11H12BrNO3/c1-14(2,3)20-13(19)18-10-8-12(9-11-18)17-21-15(4,5)16(6,7)22-17;1-7-5-10(13(14)15)11(6-9(7)12)16-8-3-2-4-8/h8H,9-11H2,1-7H3;5-6,8H,2-4H2,1H3. The van der Waals surface area contributed by atoms with Gasteiger partial charge in [-0.25, -0.2) is 4.79 Å². The van der Waals surface area contributed by atoms with Crippen molar-refractivity contribution in [2.75, 3.05) is 13.1 Å². The summed E-state index contributed by atoms with van der Waals surface area (Å²) in [5.41, 5.74) is 0.868. The van der Waals surface area contributed by atoms with Crippen LogP contribution in [0.5, 0.6) is 5.75 Å². The quantitative estimate of drug-likeness (QED) is 0.215. The highest BCUT2D eigenvalue weighted by molar-refractivity contribution is 9.10. The fourth-order valence-electron chi connectivity index (χ4n) is 3.94. The molecule has 3 aliphatic rings. The summed E-state index contributed by atoms with van der Waals surface area (Å²) in [4.78, 5) is 24.3. The molecule has 0 radical (unpaired) electrons. The van der Waals surface area contributed by atoms with E-state index in [9.17, 15) is 14.9 Å². The predicted molar refractivity (Wildman–Crippen MR) is 150 cm³/mol. The molecule has 0 atom stereocenters. The summed E-state index contributed by atoms with van der Waals surface area (Å²) in [6.45, 7) is 16.8. The van der Waals surface area contributed by atoms with Crippen molar-refractivity contribution in [2.24, 2.45) is 0 Å². The predicted octanol–water partition coefficient (Wildman–Crippen LogP) is 6.78. The van der Waals surface area contributed by atoms with E-state index in [4.69, 9.17) is 18.8 Å². The van der Waals surface area contributed by atoms with Crippen molar-refractivity contribution in [3.8, 4) is 5.75 Å². The topological polar surface area (TPSA) is 100 Å². The molecule has 4 rings (SSSR count). The van der Waals surface area contributed by atoms with Gasteiger partial charge in [-0.1, -0.05) is 22.0 Å². The first-order valence-corrected chi connectivity index (χ1v) is 13.9. The highest BCUT2D eigenvalue weighted by atomic mass is 79.9. The number of aryl methyl sites for hydroxylation is 1. The number of benzene rings is 1. The van der Waals surface area contributed by atoms with Crippen LogP contribution in [0.3, 0.4) is 0 Å². The summed E-state index contributed by atoms with van der Waals surface area (Å²) in [7, 11) is -0.314. The Bertz CT molecular complexity index is 1060. The average Bonchev–Trinajstić information content (AvgIpc) is 2.99. The van der Waals surface area contributed by atoms with Gasteiger partial charge in [-0.3, -0.25) is 10.1 Å². The fourth-order valence-corrected chi connectivity index (χ4v) is 4.26. The number of hydrogen-bond donors (Lipinski definition) is 0. The number of nitrogens with zero attached hydrogens (tertiary/aromatic N) is 2. The van der Waals surface area contributed by atoms with Crippen molar-refractivity contribution >= 4 is 34.8 Å². The Morgan fingerprint density at radius 1 is 1.18 bits per heavy atom. The zero-order chi connectivity index (χ0) is 28.5. The number of carbonyl (C=O) groups is 1. The lowest BCUT2D eigenvalue weighted by Gasteiger charge is -2.32. The van der Waals surface area contributed by atoms with Crippen molar-refractivity contribution in [1.29, 1.82) is 0 Å². The number of halogens is 1. The second-order valence-corrected chi connectivity index (χ2v) is 12.9. The summed E-state index contributed by atoms with van der Waals surface area (Å²) in [5.74, 6) is 0.368. The molecule has 1 aromatic rings. The Balaban J connectivity index is 0.000000221. The number of nitro groups is 1. The van der Waals surface area contributed by atoms with E-state index < -0.39 is 10.5 Å². The van der Waals surface area contributed by atoms with Crippen molar-refractivity contribution < 1.29 is 28.5 Å². The molecule has 1 saturated heterocycles. The van der Waals surface area contributed by atoms with Gasteiger partial charge in [-0.15, -0.1) is 0 Å². The Kier molecular flexibility index (Phi) is 9.26. The maximum Gasteiger partial charge on any atom is 0.490 e. The van der Waals surface area contributed by atoms with Gasteiger partial charge < -0.3 is 23.7 Å². The summed E-state index contributed by atoms with van der Waals surface area (Å²) < 4.78 is 24.0. The minimum absolute atomic E-state index is 0.0487. The van der Waals surface area contributed by atoms with E-state index >= 15 is 0 Å². The number of rotatable bonds is 4. The minimum Gasteiger partial charge on any atom is -0.483 e. The van der Waals surface area contributed by atoms with E-state index in [0.717, 1.165) is 41.2 Å². The van der Waals surface area contributed by atoms with Crippen LogP contribution in [0.4, 0.5) is 10.5 Å². The van der Waals surface area contributed by atoms with E-state index in [2.05, 4.69) is 15.9 Å². The molecule has 11 heteroatoms. The van der Waals surface area contributed by atoms with Crippen LogP contribution in [-0.2, 0) is 14.0 Å². The first-order chi connectivity index (χ1) is 17.5. The number of hydrogen-bond acceptors (Lipinski definition) is 7. The summed E-state index contributed by atoms with van der Waals surface area (Å²) in [6.07, 6.45) is 5.77. The third-order valence-corrected chi connectivity index (χ3v) is 8.09. The van der Waals surface area contributed by atoms with Crippen LogP contribution in [0, 0.1) is 17.0 Å². The molecule has 2 heterocycles. The molecule has 1 aliphatic carbocycles. The second-order valence-electron chi connectivity index (χ2n) is 12.0. The highest BCUT2D eigenvalue weighted by Crippen LogP contribution is 2.39. The third-order valence-electron chi connectivity index (χ3n) is 7.23. The Labute approximate surface area is 234 Å². The molecule has 0 aromatic heterocycles. The van der Waals surface area contributed by atoms with E-state index in [-0.39, 0.29) is 36.2 Å². The zero-order valence-corrected chi connectivity index (χ0v) is 25.3. The minimum atomic E-state index is -0.465. The normalized spacial score (nSPS) is 20.6. The molecular weight excluding hydrogens is 555 g/mol. The van der Waals surface area contributed by atoms with Crippen LogP contribution in [-0.4, -0.2) is 59.0 Å². The SMILES string of the molecule is CC(C)(C)OC(=O)N1CC=C(B2OC(C)(C)C(C)(C)O2)CC1.Cc1cc([N+](=O)[O-])c(OC2CCC2)cc1Br. The first kappa shape index (κ1) is 30.4. The molecule has 0 bridgehead atoms. The van der Waals surface area contributed by atoms with Crippen molar-refractivity contribution in [3.05, 3.63) is 43.8 Å². The maximum absolute atomic E-state index is 12.1. The van der Waals surface area contributed by atoms with Crippen molar-refractivity contribution in [3.63, 3.8) is 0 Å². The average molecular weight is 595 g/mol. The maximum atomic E-state index is 12.1. The molecule has 9 nitrogen and oxygen atoms in total. The molecular formula is C27H40BBrN2O7. The second kappa shape index (κ2) is 11.6. The third kappa shape index (κ3) is 7.51. The molecule has 0 unspecified atom stereocenters. The molecule has 2 aliphatic heterocycles. The molecule has 1 aromatic carbocycles. The van der Waals surface area contributed by atoms with Crippen LogP contribution in [0.2, 0.25) is 0 Å². The van der Waals surface area contributed by atoms with Gasteiger partial charge in [0.2, 0.25) is 0 Å². The van der Waals surface area contributed by atoms with E-state index in [0.29, 0.717) is 18.8 Å². The Hall–Kier alpha value is -2.11. The number of ether oxygens (including phenoxy) is 2. The van der Waals surface area contributed by atoms with Gasteiger partial charge in [0, 0.05) is 29.7 Å². The molecule has 0 N–H and O–H groups in total. The van der Waals surface area contributed by atoms with Gasteiger partial charge in [0.25, 0.3) is 0 Å². The molecule has 2 fully saturated rings. The fraction of sp³-hybridized carbons (Fsp3) is 0.667. The Morgan fingerprint density at radius 3 is 2.24 bits per heavy atom. The lowest BCUT2D eigenvalue weighted by molar-refractivity contribution is -0.386. The highest BCUT2D eigenvalue weighted by Gasteiger charge is 2.52. The van der Waals surface area contributed by atoms with Crippen LogP contribution in [0.1, 0.15) is 79.7 Å². The zero-order valence-electron chi connectivity index (χ0n) is 23.8. The largest absolute Gasteiger partial charge is 0.490 e. The summed E-state index contributed by atoms with van der Waals surface area (Å²) in [5, 5.41) is 10.9. The van der Waals surface area contributed by atoms with Gasteiger partial charge in [0.1, 0.15) is 5.60 Å². The summed E-state index contributed by atoms with van der Waals surface area (Å²) >= 11 is 3.36. The van der Waals surface area contributed by atoms with E-state index in [1.165, 1.54) is 6.07 Å². The van der Waals surface area contributed by atoms with Crippen LogP contribution in [0.25, 0.3) is 0 Å². The smallest absolute Gasteiger partial charge is 0.483 e. The van der Waals surface area contributed by atoms with Crippen LogP contribution in [0.15, 0.2) is 28.2 Å². The molecule has 210 valence electrons. The van der Waals surface area contributed by atoms with Crippen molar-refractivity contribution in [1.82, 2.24) is 4.90 Å². The first-order valence-electron chi connectivity index (χ1n) is 13.1. The number of carbonyl (C=O) groups excluding carboxylic acids is 1. The lowest BCUT2D eigenvalue weighted by atomic mass is 9.75. The lowest BCUT2D eigenvalue weighted by Crippen LogP contribution is -2.41. The van der Waals surface area contributed by atoms with Gasteiger partial charge in [-0.2, -0.15) is 0 Å². The van der Waals surface area contributed by atoms with E-state index in [1.54, 1.807) is 11.0 Å². The van der Waals surface area contributed by atoms with Crippen molar-refractivity contribution in [2.45, 2.75) is 104 Å². The monoisotopic (exact) mass is 594 g/mol. The molecule has 1 amide bonds. The van der Waals surface area contributed by atoms with E-state index in [1.807, 2.05) is 61.5 Å². The summed E-state index contributed by atoms with van der Waals surface area (Å²) in [6, 6.07) is 3.23. The van der Waals surface area contributed by atoms with Gasteiger partial charge >= 0.3 is 18.9 Å². The van der Waals surface area contributed by atoms with Gasteiger partial charge in [0.15, 0.2) is 5.75 Å². The van der Waals surface area contributed by atoms with Crippen LogP contribution < -0.4 is 4.74 Å². The molecule has 1 saturated carbocycles. The molecule has 0 spiro atoms. The number of amides is 1. The van der Waals surface area contributed by atoms with Crippen LogP contribution >= 0.6 is 15.9 Å². The Morgan fingerprint density at radius 2 is 1.79 bits per heavy atom. The number of nitro benzene ring substituents is 1. The van der Waals surface area contributed by atoms with Gasteiger partial charge in [-0.05, 0) is 92.1 Å². The van der Waals surface area contributed by atoms with Gasteiger partial charge in [0.05, 0.1) is 22.2 Å².